The maximum Gasteiger partial charge on any atom is 0.102 e. The molecule has 0 aliphatic rings. The maximum absolute atomic E-state index is 5.82. The SMILES string of the molecule is CCCCN(CC)C(C(N)=S)c1cnc[nH]1. The third-order valence-corrected chi connectivity index (χ3v) is 2.88. The zero-order valence-electron chi connectivity index (χ0n) is 9.94. The highest BCUT2D eigenvalue weighted by Crippen LogP contribution is 2.19. The Morgan fingerprint density at radius 1 is 1.62 bits per heavy atom. The van der Waals surface area contributed by atoms with Gasteiger partial charge in [0.1, 0.15) is 6.04 Å². The number of aromatic amines is 1. The lowest BCUT2D eigenvalue weighted by Gasteiger charge is -2.28. The molecule has 0 fully saturated rings. The zero-order valence-corrected chi connectivity index (χ0v) is 10.8. The summed E-state index contributed by atoms with van der Waals surface area (Å²) in [4.78, 5) is 9.89. The number of unbranched alkanes of at least 4 members (excludes halogenated alkanes) is 1. The van der Waals surface area contributed by atoms with Gasteiger partial charge < -0.3 is 10.7 Å². The van der Waals surface area contributed by atoms with Crippen LogP contribution >= 0.6 is 12.2 Å². The molecular weight excluding hydrogens is 220 g/mol. The number of nitrogens with two attached hydrogens (primary N) is 1. The Labute approximate surface area is 102 Å². The van der Waals surface area contributed by atoms with E-state index in [0.29, 0.717) is 4.99 Å². The second kappa shape index (κ2) is 6.60. The Bertz CT molecular complexity index is 310. The van der Waals surface area contributed by atoms with E-state index in [0.717, 1.165) is 25.2 Å². The number of nitrogens with one attached hydrogen (secondary N) is 1. The third-order valence-electron chi connectivity index (χ3n) is 2.65. The quantitative estimate of drug-likeness (QED) is 0.714. The number of hydrogen-bond acceptors (Lipinski definition) is 3. The van der Waals surface area contributed by atoms with E-state index in [1.165, 1.54) is 6.42 Å². The van der Waals surface area contributed by atoms with E-state index in [1.54, 1.807) is 12.5 Å². The minimum Gasteiger partial charge on any atom is -0.392 e. The third kappa shape index (κ3) is 3.28. The van der Waals surface area contributed by atoms with Gasteiger partial charge in [0.05, 0.1) is 17.0 Å². The summed E-state index contributed by atoms with van der Waals surface area (Å²) in [6.07, 6.45) is 5.78. The topological polar surface area (TPSA) is 57.9 Å². The molecule has 1 rings (SSSR count). The van der Waals surface area contributed by atoms with Gasteiger partial charge in [-0.2, -0.15) is 0 Å². The molecule has 1 aromatic heterocycles. The van der Waals surface area contributed by atoms with Crippen LogP contribution in [0.1, 0.15) is 38.4 Å². The fourth-order valence-corrected chi connectivity index (χ4v) is 2.05. The molecule has 0 aliphatic heterocycles. The number of H-pyrrole nitrogens is 1. The summed E-state index contributed by atoms with van der Waals surface area (Å²) in [6.45, 7) is 6.24. The van der Waals surface area contributed by atoms with Crippen molar-refractivity contribution >= 4 is 17.2 Å². The summed E-state index contributed by atoms with van der Waals surface area (Å²) in [5.74, 6) is 0. The molecule has 5 heteroatoms. The summed E-state index contributed by atoms with van der Waals surface area (Å²) >= 11 is 5.15. The number of thiocarbonyl (C=S) groups is 1. The smallest absolute Gasteiger partial charge is 0.102 e. The van der Waals surface area contributed by atoms with E-state index in [4.69, 9.17) is 18.0 Å². The number of hydrogen-bond donors (Lipinski definition) is 2. The molecule has 1 atom stereocenters. The zero-order chi connectivity index (χ0) is 12.0. The maximum atomic E-state index is 5.82. The first-order valence-electron chi connectivity index (χ1n) is 5.72. The molecule has 0 spiro atoms. The number of likely N-dealkylation sites (N-methyl/N-ethyl adjacent to an activating group) is 1. The van der Waals surface area contributed by atoms with Gasteiger partial charge in [0, 0.05) is 6.20 Å². The molecule has 90 valence electrons. The molecule has 1 heterocycles. The fraction of sp³-hybridized carbons (Fsp3) is 0.636. The molecule has 0 radical (unpaired) electrons. The molecule has 0 saturated heterocycles. The number of nitrogens with zero attached hydrogens (tertiary/aromatic N) is 2. The van der Waals surface area contributed by atoms with Crippen LogP contribution in [0.25, 0.3) is 0 Å². The molecule has 0 bridgehead atoms. The monoisotopic (exact) mass is 240 g/mol. The van der Waals surface area contributed by atoms with Gasteiger partial charge in [0.2, 0.25) is 0 Å². The van der Waals surface area contributed by atoms with Crippen LogP contribution in [0.4, 0.5) is 0 Å². The summed E-state index contributed by atoms with van der Waals surface area (Å²) in [5, 5.41) is 0. The van der Waals surface area contributed by atoms with Crippen LogP contribution in [-0.4, -0.2) is 32.9 Å². The Hall–Kier alpha value is -0.940. The van der Waals surface area contributed by atoms with Crippen LogP contribution in [0.3, 0.4) is 0 Å². The molecule has 4 nitrogen and oxygen atoms in total. The molecule has 0 saturated carbocycles. The second-order valence-corrected chi connectivity index (χ2v) is 4.27. The average molecular weight is 240 g/mol. The number of rotatable bonds is 7. The first kappa shape index (κ1) is 13.1. The van der Waals surface area contributed by atoms with Gasteiger partial charge in [-0.15, -0.1) is 0 Å². The highest BCUT2D eigenvalue weighted by molar-refractivity contribution is 7.80. The molecule has 0 amide bonds. The van der Waals surface area contributed by atoms with E-state index in [2.05, 4.69) is 28.7 Å². The van der Waals surface area contributed by atoms with E-state index in [9.17, 15) is 0 Å². The van der Waals surface area contributed by atoms with Gasteiger partial charge in [0.25, 0.3) is 0 Å². The van der Waals surface area contributed by atoms with Crippen molar-refractivity contribution in [2.75, 3.05) is 13.1 Å². The number of aromatic nitrogens is 2. The lowest BCUT2D eigenvalue weighted by Crippen LogP contribution is -2.37. The van der Waals surface area contributed by atoms with Crippen molar-refractivity contribution in [3.05, 3.63) is 18.2 Å². The van der Waals surface area contributed by atoms with Crippen molar-refractivity contribution < 1.29 is 0 Å². The first-order chi connectivity index (χ1) is 7.70. The average Bonchev–Trinajstić information content (AvgIpc) is 2.76. The van der Waals surface area contributed by atoms with Crippen LogP contribution in [-0.2, 0) is 0 Å². The van der Waals surface area contributed by atoms with Crippen molar-refractivity contribution in [1.29, 1.82) is 0 Å². The van der Waals surface area contributed by atoms with E-state index in [1.807, 2.05) is 0 Å². The molecule has 3 N–H and O–H groups in total. The van der Waals surface area contributed by atoms with E-state index >= 15 is 0 Å². The van der Waals surface area contributed by atoms with Crippen LogP contribution in [0.2, 0.25) is 0 Å². The lowest BCUT2D eigenvalue weighted by molar-refractivity contribution is 0.250. The fourth-order valence-electron chi connectivity index (χ4n) is 1.78. The predicted molar refractivity (Wildman–Crippen MR) is 70.3 cm³/mol. The van der Waals surface area contributed by atoms with Gasteiger partial charge >= 0.3 is 0 Å². The molecule has 0 aliphatic carbocycles. The Balaban J connectivity index is 2.79. The summed E-state index contributed by atoms with van der Waals surface area (Å²) in [6, 6.07) is -0.0194. The first-order valence-corrected chi connectivity index (χ1v) is 6.13. The Morgan fingerprint density at radius 3 is 2.81 bits per heavy atom. The second-order valence-electron chi connectivity index (χ2n) is 3.79. The summed E-state index contributed by atoms with van der Waals surface area (Å²) in [7, 11) is 0. The molecule has 16 heavy (non-hydrogen) atoms. The van der Waals surface area contributed by atoms with Crippen LogP contribution in [0.15, 0.2) is 12.5 Å². The lowest BCUT2D eigenvalue weighted by atomic mass is 10.1. The van der Waals surface area contributed by atoms with Gasteiger partial charge in [-0.3, -0.25) is 4.90 Å². The van der Waals surface area contributed by atoms with Crippen LogP contribution < -0.4 is 5.73 Å². The Kier molecular flexibility index (Phi) is 5.42. The molecule has 1 aromatic rings. The van der Waals surface area contributed by atoms with Crippen LogP contribution in [0, 0.1) is 0 Å². The summed E-state index contributed by atoms with van der Waals surface area (Å²) < 4.78 is 0. The summed E-state index contributed by atoms with van der Waals surface area (Å²) in [5.41, 5.74) is 6.80. The Morgan fingerprint density at radius 2 is 2.38 bits per heavy atom. The minimum absolute atomic E-state index is 0.0194. The van der Waals surface area contributed by atoms with Gasteiger partial charge in [0.15, 0.2) is 0 Å². The normalized spacial score (nSPS) is 12.9. The van der Waals surface area contributed by atoms with Gasteiger partial charge in [-0.25, -0.2) is 4.98 Å². The highest BCUT2D eigenvalue weighted by Gasteiger charge is 2.22. The number of imidazole rings is 1. The van der Waals surface area contributed by atoms with Crippen LogP contribution in [0.5, 0.6) is 0 Å². The van der Waals surface area contributed by atoms with E-state index in [-0.39, 0.29) is 6.04 Å². The molecular formula is C11H20N4S. The largest absolute Gasteiger partial charge is 0.392 e. The van der Waals surface area contributed by atoms with Crippen molar-refractivity contribution in [2.24, 2.45) is 5.73 Å². The van der Waals surface area contributed by atoms with Gasteiger partial charge in [-0.05, 0) is 19.5 Å². The van der Waals surface area contributed by atoms with Crippen molar-refractivity contribution in [3.63, 3.8) is 0 Å². The van der Waals surface area contributed by atoms with Crippen molar-refractivity contribution in [3.8, 4) is 0 Å². The van der Waals surface area contributed by atoms with Crippen molar-refractivity contribution in [1.82, 2.24) is 14.9 Å². The van der Waals surface area contributed by atoms with Gasteiger partial charge in [-0.1, -0.05) is 32.5 Å². The predicted octanol–water partition coefficient (Wildman–Crippen LogP) is 1.86. The van der Waals surface area contributed by atoms with Crippen molar-refractivity contribution in [2.45, 2.75) is 32.7 Å². The minimum atomic E-state index is -0.0194. The molecule has 0 aromatic carbocycles. The standard InChI is InChI=1S/C11H20N4S/c1-3-5-6-15(4-2)10(11(12)16)9-7-13-8-14-9/h7-8,10H,3-6H2,1-2H3,(H2,12,16)(H,13,14). The van der Waals surface area contributed by atoms with E-state index < -0.39 is 0 Å². The highest BCUT2D eigenvalue weighted by atomic mass is 32.1. The molecule has 1 unspecified atom stereocenters.